The van der Waals surface area contributed by atoms with Crippen molar-refractivity contribution in [3.8, 4) is 5.88 Å². The molecule has 1 aromatic heterocycles. The highest BCUT2D eigenvalue weighted by Gasteiger charge is 2.16. The summed E-state index contributed by atoms with van der Waals surface area (Å²) in [6, 6.07) is 3.86. The average Bonchev–Trinajstić information content (AvgIpc) is 2.96. The summed E-state index contributed by atoms with van der Waals surface area (Å²) in [7, 11) is 0. The van der Waals surface area contributed by atoms with Crippen molar-refractivity contribution >= 4 is 5.96 Å². The monoisotopic (exact) mass is 274 g/mol. The quantitative estimate of drug-likeness (QED) is 0.473. The predicted octanol–water partition coefficient (Wildman–Crippen LogP) is 1.99. The second kappa shape index (κ2) is 7.53. The third-order valence-corrected chi connectivity index (χ3v) is 3.25. The van der Waals surface area contributed by atoms with Crippen molar-refractivity contribution in [2.45, 2.75) is 38.3 Å². The minimum Gasteiger partial charge on any atom is -0.474 e. The second-order valence-electron chi connectivity index (χ2n) is 4.90. The van der Waals surface area contributed by atoms with Gasteiger partial charge in [0.25, 0.3) is 0 Å². The third kappa shape index (κ3) is 4.57. The van der Waals surface area contributed by atoms with Crippen molar-refractivity contribution in [3.05, 3.63) is 36.5 Å². The molecular formula is C15H22N4O. The fraction of sp³-hybridized carbons (Fsp3) is 0.467. The van der Waals surface area contributed by atoms with Gasteiger partial charge in [0, 0.05) is 18.8 Å². The molecule has 108 valence electrons. The summed E-state index contributed by atoms with van der Waals surface area (Å²) >= 11 is 0. The molecule has 1 aliphatic rings. The van der Waals surface area contributed by atoms with Gasteiger partial charge in [0.05, 0.1) is 6.54 Å². The van der Waals surface area contributed by atoms with E-state index in [2.05, 4.69) is 21.9 Å². The molecule has 5 nitrogen and oxygen atoms in total. The SMILES string of the molecule is C=CCNC(N)=NCc1ccnc(OC2CCCC2)c1. The minimum atomic E-state index is 0.320. The first-order valence-corrected chi connectivity index (χ1v) is 7.04. The van der Waals surface area contributed by atoms with Gasteiger partial charge in [-0.05, 0) is 37.3 Å². The molecule has 0 amide bonds. The first kappa shape index (κ1) is 14.4. The molecule has 0 unspecified atom stereocenters. The van der Waals surface area contributed by atoms with E-state index in [1.54, 1.807) is 12.3 Å². The zero-order chi connectivity index (χ0) is 14.2. The van der Waals surface area contributed by atoms with Gasteiger partial charge in [-0.15, -0.1) is 6.58 Å². The summed E-state index contributed by atoms with van der Waals surface area (Å²) < 4.78 is 5.87. The van der Waals surface area contributed by atoms with E-state index in [4.69, 9.17) is 10.5 Å². The van der Waals surface area contributed by atoms with Crippen molar-refractivity contribution in [2.24, 2.45) is 10.7 Å². The Kier molecular flexibility index (Phi) is 5.41. The van der Waals surface area contributed by atoms with Crippen LogP contribution in [0.3, 0.4) is 0 Å². The zero-order valence-electron chi connectivity index (χ0n) is 11.7. The molecule has 1 fully saturated rings. The van der Waals surface area contributed by atoms with Crippen molar-refractivity contribution in [2.75, 3.05) is 6.54 Å². The third-order valence-electron chi connectivity index (χ3n) is 3.25. The van der Waals surface area contributed by atoms with Gasteiger partial charge in [-0.2, -0.15) is 0 Å². The largest absolute Gasteiger partial charge is 0.474 e. The molecule has 0 spiro atoms. The van der Waals surface area contributed by atoms with Crippen molar-refractivity contribution in [1.29, 1.82) is 0 Å². The van der Waals surface area contributed by atoms with Gasteiger partial charge in [0.2, 0.25) is 5.88 Å². The number of nitrogens with one attached hydrogen (secondary N) is 1. The molecule has 0 radical (unpaired) electrons. The fourth-order valence-electron chi connectivity index (χ4n) is 2.20. The van der Waals surface area contributed by atoms with Gasteiger partial charge < -0.3 is 15.8 Å². The van der Waals surface area contributed by atoms with Crippen molar-refractivity contribution < 1.29 is 4.74 Å². The van der Waals surface area contributed by atoms with E-state index in [-0.39, 0.29) is 0 Å². The van der Waals surface area contributed by atoms with E-state index in [9.17, 15) is 0 Å². The Morgan fingerprint density at radius 1 is 1.55 bits per heavy atom. The van der Waals surface area contributed by atoms with Crippen LogP contribution < -0.4 is 15.8 Å². The summed E-state index contributed by atoms with van der Waals surface area (Å²) in [4.78, 5) is 8.51. The Morgan fingerprint density at radius 2 is 2.35 bits per heavy atom. The van der Waals surface area contributed by atoms with Crippen LogP contribution in [0.1, 0.15) is 31.2 Å². The van der Waals surface area contributed by atoms with E-state index in [0.717, 1.165) is 18.4 Å². The Balaban J connectivity index is 1.89. The molecule has 5 heteroatoms. The van der Waals surface area contributed by atoms with Crippen LogP contribution in [0.25, 0.3) is 0 Å². The van der Waals surface area contributed by atoms with Gasteiger partial charge in [-0.1, -0.05) is 6.08 Å². The van der Waals surface area contributed by atoms with Crippen LogP contribution in [0.2, 0.25) is 0 Å². The molecule has 0 saturated heterocycles. The van der Waals surface area contributed by atoms with Crippen LogP contribution in [0, 0.1) is 0 Å². The number of rotatable bonds is 6. The first-order chi connectivity index (χ1) is 9.78. The number of nitrogens with zero attached hydrogens (tertiary/aromatic N) is 2. The number of guanidine groups is 1. The number of aromatic nitrogens is 1. The summed E-state index contributed by atoms with van der Waals surface area (Å²) in [5.74, 6) is 1.10. The number of ether oxygens (including phenoxy) is 1. The highest BCUT2D eigenvalue weighted by molar-refractivity contribution is 5.77. The molecule has 1 aromatic rings. The number of nitrogens with two attached hydrogens (primary N) is 1. The number of pyridine rings is 1. The van der Waals surface area contributed by atoms with E-state index < -0.39 is 0 Å². The van der Waals surface area contributed by atoms with Crippen LogP contribution in [0.4, 0.5) is 0 Å². The van der Waals surface area contributed by atoms with Gasteiger partial charge in [-0.3, -0.25) is 0 Å². The summed E-state index contributed by atoms with van der Waals surface area (Å²) in [6.07, 6.45) is 8.57. The normalized spacial score (nSPS) is 16.1. The molecule has 20 heavy (non-hydrogen) atoms. The lowest BCUT2D eigenvalue weighted by Crippen LogP contribution is -2.31. The van der Waals surface area contributed by atoms with E-state index in [1.165, 1.54) is 12.8 Å². The van der Waals surface area contributed by atoms with Crippen LogP contribution >= 0.6 is 0 Å². The Hall–Kier alpha value is -2.04. The second-order valence-corrected chi connectivity index (χ2v) is 4.90. The lowest BCUT2D eigenvalue weighted by Gasteiger charge is -2.12. The lowest BCUT2D eigenvalue weighted by molar-refractivity contribution is 0.201. The molecule has 1 aliphatic carbocycles. The van der Waals surface area contributed by atoms with E-state index >= 15 is 0 Å². The van der Waals surface area contributed by atoms with Gasteiger partial charge in [0.15, 0.2) is 5.96 Å². The maximum atomic E-state index is 5.87. The topological polar surface area (TPSA) is 72.5 Å². The fourth-order valence-corrected chi connectivity index (χ4v) is 2.20. The van der Waals surface area contributed by atoms with Gasteiger partial charge in [0.1, 0.15) is 6.10 Å². The molecule has 0 bridgehead atoms. The highest BCUT2D eigenvalue weighted by Crippen LogP contribution is 2.23. The highest BCUT2D eigenvalue weighted by atomic mass is 16.5. The van der Waals surface area contributed by atoms with Crippen molar-refractivity contribution in [3.63, 3.8) is 0 Å². The Bertz CT molecular complexity index is 467. The number of aliphatic imine (C=N–C) groups is 1. The average molecular weight is 274 g/mol. The van der Waals surface area contributed by atoms with Gasteiger partial charge in [-0.25, -0.2) is 9.98 Å². The van der Waals surface area contributed by atoms with Crippen LogP contribution in [-0.4, -0.2) is 23.6 Å². The summed E-state index contributed by atoms with van der Waals surface area (Å²) in [6.45, 7) is 4.74. The molecule has 1 saturated carbocycles. The maximum absolute atomic E-state index is 5.87. The minimum absolute atomic E-state index is 0.320. The predicted molar refractivity (Wildman–Crippen MR) is 80.6 cm³/mol. The molecule has 1 heterocycles. The number of hydrogen-bond acceptors (Lipinski definition) is 3. The summed E-state index contributed by atoms with van der Waals surface area (Å²) in [5, 5.41) is 2.94. The molecule has 0 aliphatic heterocycles. The first-order valence-electron chi connectivity index (χ1n) is 7.04. The Morgan fingerprint density at radius 3 is 3.10 bits per heavy atom. The molecule has 2 rings (SSSR count). The molecule has 0 aromatic carbocycles. The standard InChI is InChI=1S/C15H22N4O/c1-2-8-18-15(16)19-11-12-7-9-17-14(10-12)20-13-5-3-4-6-13/h2,7,9-10,13H,1,3-6,8,11H2,(H3,16,18,19). The van der Waals surface area contributed by atoms with E-state index in [1.807, 2.05) is 12.1 Å². The lowest BCUT2D eigenvalue weighted by atomic mass is 10.2. The van der Waals surface area contributed by atoms with Crippen molar-refractivity contribution in [1.82, 2.24) is 10.3 Å². The van der Waals surface area contributed by atoms with Crippen LogP contribution in [-0.2, 0) is 6.54 Å². The maximum Gasteiger partial charge on any atom is 0.213 e. The van der Waals surface area contributed by atoms with Gasteiger partial charge >= 0.3 is 0 Å². The Labute approximate surface area is 120 Å². The summed E-state index contributed by atoms with van der Waals surface area (Å²) in [5.41, 5.74) is 6.76. The smallest absolute Gasteiger partial charge is 0.213 e. The number of hydrogen-bond donors (Lipinski definition) is 2. The molecular weight excluding hydrogens is 252 g/mol. The molecule has 0 atom stereocenters. The zero-order valence-corrected chi connectivity index (χ0v) is 11.7. The molecule has 3 N–H and O–H groups in total. The van der Waals surface area contributed by atoms with Crippen LogP contribution in [0.5, 0.6) is 5.88 Å². The van der Waals surface area contributed by atoms with Crippen LogP contribution in [0.15, 0.2) is 36.0 Å². The van der Waals surface area contributed by atoms with E-state index in [0.29, 0.717) is 31.0 Å².